The fourth-order valence-corrected chi connectivity index (χ4v) is 3.01. The molecule has 0 aromatic heterocycles. The third kappa shape index (κ3) is 5.29. The number of hydrazine groups is 1. The van der Waals surface area contributed by atoms with E-state index in [2.05, 4.69) is 35.2 Å². The maximum atomic E-state index is 12.2. The van der Waals surface area contributed by atoms with Crippen LogP contribution in [0.1, 0.15) is 33.4 Å². The maximum Gasteiger partial charge on any atom is 0.242 e. The van der Waals surface area contributed by atoms with E-state index in [4.69, 9.17) is 12.2 Å². The van der Waals surface area contributed by atoms with Crippen LogP contribution in [-0.2, 0) is 11.2 Å². The van der Waals surface area contributed by atoms with Gasteiger partial charge < -0.3 is 5.32 Å². The molecule has 2 rings (SSSR count). The van der Waals surface area contributed by atoms with Crippen molar-refractivity contribution in [1.82, 2.24) is 10.9 Å². The lowest BCUT2D eigenvalue weighted by Crippen LogP contribution is -2.44. The van der Waals surface area contributed by atoms with Crippen LogP contribution in [0.5, 0.6) is 0 Å². The molecule has 25 heavy (non-hydrogen) atoms. The van der Waals surface area contributed by atoms with Crippen LogP contribution < -0.4 is 16.2 Å². The normalized spacial score (nSPS) is 10.3. The molecule has 0 aliphatic heterocycles. The lowest BCUT2D eigenvalue weighted by molar-refractivity contribution is -0.121. The number of thiocarbonyl (C=S) groups is 1. The molecule has 4 nitrogen and oxygen atoms in total. The monoisotopic (exact) mass is 355 g/mol. The van der Waals surface area contributed by atoms with Gasteiger partial charge in [0, 0.05) is 5.69 Å². The standard InChI is InChI=1S/C20H25N3OS/c1-12-6-7-14(3)18(10-12)21-20(25)23-22-19(24)11-17-15(4)8-13(2)9-16(17)5/h6-10H,11H2,1-5H3,(H,22,24)(H2,21,23,25). The average molecular weight is 356 g/mol. The zero-order chi connectivity index (χ0) is 18.6. The van der Waals surface area contributed by atoms with Gasteiger partial charge in [0.15, 0.2) is 5.11 Å². The first kappa shape index (κ1) is 18.9. The summed E-state index contributed by atoms with van der Waals surface area (Å²) in [4.78, 5) is 12.2. The zero-order valence-corrected chi connectivity index (χ0v) is 16.2. The molecule has 0 unspecified atom stereocenters. The second-order valence-electron chi connectivity index (χ2n) is 6.50. The minimum atomic E-state index is -0.125. The molecule has 1 amide bonds. The van der Waals surface area contributed by atoms with Gasteiger partial charge >= 0.3 is 0 Å². The lowest BCUT2D eigenvalue weighted by atomic mass is 9.97. The topological polar surface area (TPSA) is 53.2 Å². The Balaban J connectivity index is 1.92. The summed E-state index contributed by atoms with van der Waals surface area (Å²) >= 11 is 5.25. The Labute approximate surface area is 155 Å². The van der Waals surface area contributed by atoms with Crippen LogP contribution in [0.3, 0.4) is 0 Å². The van der Waals surface area contributed by atoms with Crippen LogP contribution in [0.15, 0.2) is 30.3 Å². The molecule has 0 heterocycles. The number of carbonyl (C=O) groups excluding carboxylic acids is 1. The van der Waals surface area contributed by atoms with Gasteiger partial charge in [0.2, 0.25) is 5.91 Å². The molecule has 2 aromatic rings. The van der Waals surface area contributed by atoms with Crippen molar-refractivity contribution < 1.29 is 4.79 Å². The van der Waals surface area contributed by atoms with Gasteiger partial charge in [0.25, 0.3) is 0 Å². The van der Waals surface area contributed by atoms with E-state index < -0.39 is 0 Å². The van der Waals surface area contributed by atoms with Crippen LogP contribution >= 0.6 is 12.2 Å². The molecule has 2 aromatic carbocycles. The Morgan fingerprint density at radius 3 is 2.16 bits per heavy atom. The minimum Gasteiger partial charge on any atom is -0.331 e. The van der Waals surface area contributed by atoms with Crippen molar-refractivity contribution in [2.24, 2.45) is 0 Å². The average Bonchev–Trinajstić information content (AvgIpc) is 2.52. The van der Waals surface area contributed by atoms with Gasteiger partial charge in [-0.3, -0.25) is 15.6 Å². The van der Waals surface area contributed by atoms with Crippen LogP contribution in [0, 0.1) is 34.6 Å². The summed E-state index contributed by atoms with van der Waals surface area (Å²) in [5.41, 5.74) is 13.1. The van der Waals surface area contributed by atoms with E-state index >= 15 is 0 Å². The lowest BCUT2D eigenvalue weighted by Gasteiger charge is -2.15. The first-order chi connectivity index (χ1) is 11.8. The molecule has 0 radical (unpaired) electrons. The quantitative estimate of drug-likeness (QED) is 0.579. The van der Waals surface area contributed by atoms with E-state index in [1.807, 2.05) is 45.9 Å². The number of carbonyl (C=O) groups is 1. The fraction of sp³-hybridized carbons (Fsp3) is 0.300. The van der Waals surface area contributed by atoms with E-state index in [-0.39, 0.29) is 5.91 Å². The Kier molecular flexibility index (Phi) is 6.15. The van der Waals surface area contributed by atoms with Crippen molar-refractivity contribution in [3.05, 3.63) is 63.7 Å². The molecule has 0 atom stereocenters. The predicted octanol–water partition coefficient (Wildman–Crippen LogP) is 3.79. The molecule has 0 saturated heterocycles. The summed E-state index contributed by atoms with van der Waals surface area (Å²) < 4.78 is 0. The SMILES string of the molecule is Cc1cc(C)c(CC(=O)NNC(=S)Nc2cc(C)ccc2C)c(C)c1. The number of nitrogens with one attached hydrogen (secondary N) is 3. The second-order valence-corrected chi connectivity index (χ2v) is 6.91. The Morgan fingerprint density at radius 2 is 1.52 bits per heavy atom. The number of rotatable bonds is 3. The van der Waals surface area contributed by atoms with Crippen molar-refractivity contribution in [3.8, 4) is 0 Å². The zero-order valence-electron chi connectivity index (χ0n) is 15.4. The number of benzene rings is 2. The molecule has 0 spiro atoms. The van der Waals surface area contributed by atoms with E-state index in [0.29, 0.717) is 11.5 Å². The molecule has 3 N–H and O–H groups in total. The fourth-order valence-electron chi connectivity index (χ4n) is 2.84. The van der Waals surface area contributed by atoms with Gasteiger partial charge in [-0.25, -0.2) is 0 Å². The van der Waals surface area contributed by atoms with Crippen molar-refractivity contribution in [2.45, 2.75) is 41.0 Å². The van der Waals surface area contributed by atoms with Gasteiger partial charge in [-0.05, 0) is 80.7 Å². The Bertz CT molecular complexity index is 792. The highest BCUT2D eigenvalue weighted by Crippen LogP contribution is 2.17. The molecule has 0 fully saturated rings. The Morgan fingerprint density at radius 1 is 0.880 bits per heavy atom. The maximum absolute atomic E-state index is 12.2. The molecule has 132 valence electrons. The molecule has 0 aliphatic rings. The van der Waals surface area contributed by atoms with E-state index in [9.17, 15) is 4.79 Å². The summed E-state index contributed by atoms with van der Waals surface area (Å²) in [5.74, 6) is -0.125. The number of hydrogen-bond acceptors (Lipinski definition) is 2. The largest absolute Gasteiger partial charge is 0.331 e. The summed E-state index contributed by atoms with van der Waals surface area (Å²) in [6, 6.07) is 10.3. The third-order valence-corrected chi connectivity index (χ3v) is 4.34. The van der Waals surface area contributed by atoms with Crippen LogP contribution in [0.25, 0.3) is 0 Å². The Hall–Kier alpha value is -2.40. The highest BCUT2D eigenvalue weighted by molar-refractivity contribution is 7.80. The van der Waals surface area contributed by atoms with Crippen molar-refractivity contribution >= 4 is 28.9 Å². The van der Waals surface area contributed by atoms with Crippen molar-refractivity contribution in [1.29, 1.82) is 0 Å². The predicted molar refractivity (Wildman–Crippen MR) is 108 cm³/mol. The third-order valence-electron chi connectivity index (χ3n) is 4.13. The van der Waals surface area contributed by atoms with Gasteiger partial charge in [0.1, 0.15) is 0 Å². The smallest absolute Gasteiger partial charge is 0.242 e. The highest BCUT2D eigenvalue weighted by Gasteiger charge is 2.10. The van der Waals surface area contributed by atoms with Crippen molar-refractivity contribution in [2.75, 3.05) is 5.32 Å². The second kappa shape index (κ2) is 8.12. The molecular formula is C20H25N3OS. The molecular weight excluding hydrogens is 330 g/mol. The minimum absolute atomic E-state index is 0.125. The molecule has 0 aliphatic carbocycles. The molecule has 0 bridgehead atoms. The number of amides is 1. The summed E-state index contributed by atoms with van der Waals surface area (Å²) in [5, 5.41) is 3.47. The first-order valence-electron chi connectivity index (χ1n) is 8.26. The van der Waals surface area contributed by atoms with Gasteiger partial charge in [0.05, 0.1) is 6.42 Å². The summed E-state index contributed by atoms with van der Waals surface area (Å²) in [7, 11) is 0. The van der Waals surface area contributed by atoms with E-state index in [0.717, 1.165) is 33.5 Å². The summed E-state index contributed by atoms with van der Waals surface area (Å²) in [6.45, 7) is 10.1. The van der Waals surface area contributed by atoms with Crippen molar-refractivity contribution in [3.63, 3.8) is 0 Å². The van der Waals surface area contributed by atoms with E-state index in [1.165, 1.54) is 5.56 Å². The number of hydrogen-bond donors (Lipinski definition) is 3. The number of aryl methyl sites for hydroxylation is 5. The van der Waals surface area contributed by atoms with E-state index in [1.54, 1.807) is 0 Å². The van der Waals surface area contributed by atoms with Crippen LogP contribution in [0.4, 0.5) is 5.69 Å². The number of anilines is 1. The summed E-state index contributed by atoms with van der Waals surface area (Å²) in [6.07, 6.45) is 0.317. The highest BCUT2D eigenvalue weighted by atomic mass is 32.1. The van der Waals surface area contributed by atoms with Gasteiger partial charge in [-0.1, -0.05) is 29.8 Å². The molecule has 5 heteroatoms. The van der Waals surface area contributed by atoms with Gasteiger partial charge in [-0.15, -0.1) is 0 Å². The first-order valence-corrected chi connectivity index (χ1v) is 8.67. The molecule has 0 saturated carbocycles. The van der Waals surface area contributed by atoms with Crippen LogP contribution in [0.2, 0.25) is 0 Å². The van der Waals surface area contributed by atoms with Crippen LogP contribution in [-0.4, -0.2) is 11.0 Å². The van der Waals surface area contributed by atoms with Gasteiger partial charge in [-0.2, -0.15) is 0 Å².